The van der Waals surface area contributed by atoms with Crippen molar-refractivity contribution >= 4 is 44.2 Å². The second-order valence-electron chi connectivity index (χ2n) is 6.60. The minimum Gasteiger partial charge on any atom is -0.422 e. The SMILES string of the molecule is O=C(Nc1ccc(Cl)c(S(=O)(=O)N2CCOCC2)c1)c1cc2ccccc2oc1=O. The maximum Gasteiger partial charge on any atom is 0.349 e. The standard InChI is InChI=1S/C20H17ClN2O6S/c21-16-6-5-14(12-18(16)30(26,27)23-7-9-28-10-8-23)22-19(24)15-11-13-3-1-2-4-17(13)29-20(15)25/h1-6,11-12H,7-10H2,(H,22,24). The van der Waals surface area contributed by atoms with Crippen LogP contribution in [0.2, 0.25) is 5.02 Å². The average molecular weight is 449 g/mol. The zero-order chi connectivity index (χ0) is 21.3. The average Bonchev–Trinajstić information content (AvgIpc) is 2.75. The van der Waals surface area contributed by atoms with E-state index < -0.39 is 21.6 Å². The molecule has 0 spiro atoms. The number of halogens is 1. The molecule has 30 heavy (non-hydrogen) atoms. The van der Waals surface area contributed by atoms with Gasteiger partial charge in [-0.1, -0.05) is 29.8 Å². The Labute approximate surface area is 177 Å². The third kappa shape index (κ3) is 3.97. The van der Waals surface area contributed by atoms with Gasteiger partial charge in [-0.2, -0.15) is 4.31 Å². The molecule has 1 amide bonds. The highest BCUT2D eigenvalue weighted by Gasteiger charge is 2.29. The molecule has 1 saturated heterocycles. The number of nitrogens with zero attached hydrogens (tertiary/aromatic N) is 1. The summed E-state index contributed by atoms with van der Waals surface area (Å²) >= 11 is 6.13. The Morgan fingerprint density at radius 1 is 1.07 bits per heavy atom. The van der Waals surface area contributed by atoms with Gasteiger partial charge in [0, 0.05) is 24.2 Å². The first-order valence-electron chi connectivity index (χ1n) is 9.08. The Morgan fingerprint density at radius 2 is 1.80 bits per heavy atom. The number of carbonyl (C=O) groups is 1. The van der Waals surface area contributed by atoms with Gasteiger partial charge in [-0.3, -0.25) is 4.79 Å². The van der Waals surface area contributed by atoms with E-state index >= 15 is 0 Å². The van der Waals surface area contributed by atoms with Crippen molar-refractivity contribution < 1.29 is 22.4 Å². The minimum absolute atomic E-state index is 0.0321. The van der Waals surface area contributed by atoms with Crippen LogP contribution in [0.3, 0.4) is 0 Å². The number of nitrogens with one attached hydrogen (secondary N) is 1. The van der Waals surface area contributed by atoms with Crippen molar-refractivity contribution in [3.8, 4) is 0 Å². The topological polar surface area (TPSA) is 106 Å². The predicted octanol–water partition coefficient (Wildman–Crippen LogP) is 2.72. The number of benzene rings is 2. The molecule has 2 aromatic carbocycles. The number of morpholine rings is 1. The second-order valence-corrected chi connectivity index (χ2v) is 8.91. The van der Waals surface area contributed by atoms with Gasteiger partial charge in [-0.15, -0.1) is 0 Å². The number of anilines is 1. The largest absolute Gasteiger partial charge is 0.422 e. The van der Waals surface area contributed by atoms with E-state index in [0.717, 1.165) is 0 Å². The van der Waals surface area contributed by atoms with Gasteiger partial charge in [0.25, 0.3) is 5.91 Å². The number of hydrogen-bond acceptors (Lipinski definition) is 6. The number of carbonyl (C=O) groups excluding carboxylic acids is 1. The normalized spacial score (nSPS) is 15.2. The lowest BCUT2D eigenvalue weighted by Crippen LogP contribution is -2.40. The van der Waals surface area contributed by atoms with Gasteiger partial charge in [0.05, 0.1) is 18.2 Å². The van der Waals surface area contributed by atoms with Gasteiger partial charge in [0.15, 0.2) is 0 Å². The van der Waals surface area contributed by atoms with E-state index in [9.17, 15) is 18.0 Å². The van der Waals surface area contributed by atoms with Crippen LogP contribution >= 0.6 is 11.6 Å². The van der Waals surface area contributed by atoms with Crippen LogP contribution in [0.25, 0.3) is 11.0 Å². The van der Waals surface area contributed by atoms with Crippen molar-refractivity contribution in [1.29, 1.82) is 0 Å². The number of rotatable bonds is 4. The van der Waals surface area contributed by atoms with Crippen LogP contribution < -0.4 is 10.9 Å². The maximum absolute atomic E-state index is 12.9. The molecule has 8 nitrogen and oxygen atoms in total. The first-order chi connectivity index (χ1) is 14.4. The zero-order valence-electron chi connectivity index (χ0n) is 15.6. The van der Waals surface area contributed by atoms with Crippen molar-refractivity contribution in [2.45, 2.75) is 4.90 Å². The second kappa shape index (κ2) is 8.19. The monoisotopic (exact) mass is 448 g/mol. The van der Waals surface area contributed by atoms with E-state index in [-0.39, 0.29) is 34.3 Å². The third-order valence-corrected chi connectivity index (χ3v) is 7.04. The van der Waals surface area contributed by atoms with Gasteiger partial charge in [0.2, 0.25) is 10.0 Å². The van der Waals surface area contributed by atoms with Crippen LogP contribution in [0.1, 0.15) is 10.4 Å². The summed E-state index contributed by atoms with van der Waals surface area (Å²) in [5.41, 5.74) is -0.434. The highest BCUT2D eigenvalue weighted by molar-refractivity contribution is 7.89. The van der Waals surface area contributed by atoms with Gasteiger partial charge in [-0.25, -0.2) is 13.2 Å². The molecule has 2 heterocycles. The van der Waals surface area contributed by atoms with Crippen LogP contribution in [0.5, 0.6) is 0 Å². The summed E-state index contributed by atoms with van der Waals surface area (Å²) in [6.45, 7) is 1.02. The first-order valence-corrected chi connectivity index (χ1v) is 10.9. The van der Waals surface area contributed by atoms with E-state index in [4.69, 9.17) is 20.8 Å². The number of ether oxygens (including phenoxy) is 1. The van der Waals surface area contributed by atoms with E-state index in [1.807, 2.05) is 0 Å². The number of sulfonamides is 1. The van der Waals surface area contributed by atoms with Crippen LogP contribution in [-0.4, -0.2) is 44.9 Å². The van der Waals surface area contributed by atoms with Crippen LogP contribution in [0.15, 0.2) is 62.6 Å². The summed E-state index contributed by atoms with van der Waals surface area (Å²) in [7, 11) is -3.86. The highest BCUT2D eigenvalue weighted by atomic mass is 35.5. The summed E-state index contributed by atoms with van der Waals surface area (Å²) in [5, 5.41) is 3.16. The Kier molecular flexibility index (Phi) is 5.61. The molecule has 0 radical (unpaired) electrons. The molecule has 1 aliphatic heterocycles. The van der Waals surface area contributed by atoms with Crippen molar-refractivity contribution in [2.75, 3.05) is 31.6 Å². The molecule has 10 heteroatoms. The predicted molar refractivity (Wildman–Crippen MR) is 111 cm³/mol. The van der Waals surface area contributed by atoms with Crippen molar-refractivity contribution in [3.63, 3.8) is 0 Å². The summed E-state index contributed by atoms with van der Waals surface area (Å²) in [6, 6.07) is 12.4. The van der Waals surface area contributed by atoms with Crippen LogP contribution in [-0.2, 0) is 14.8 Å². The van der Waals surface area contributed by atoms with Crippen LogP contribution in [0.4, 0.5) is 5.69 Å². The summed E-state index contributed by atoms with van der Waals surface area (Å²) in [6.07, 6.45) is 0. The van der Waals surface area contributed by atoms with Crippen molar-refractivity contribution in [3.05, 3.63) is 69.5 Å². The van der Waals surface area contributed by atoms with E-state index in [1.165, 1.54) is 28.6 Å². The van der Waals surface area contributed by atoms with Gasteiger partial charge in [-0.05, 0) is 30.3 Å². The molecule has 0 bridgehead atoms. The Hall–Kier alpha value is -2.72. The Morgan fingerprint density at radius 3 is 2.57 bits per heavy atom. The summed E-state index contributed by atoms with van der Waals surface area (Å²) in [4.78, 5) is 24.7. The molecule has 0 atom stereocenters. The molecular formula is C20H17ClN2O6S. The lowest BCUT2D eigenvalue weighted by atomic mass is 10.1. The molecule has 3 aromatic rings. The number of amides is 1. The Bertz CT molecular complexity index is 1280. The maximum atomic E-state index is 12.9. The molecule has 1 N–H and O–H groups in total. The molecule has 1 aliphatic rings. The zero-order valence-corrected chi connectivity index (χ0v) is 17.2. The summed E-state index contributed by atoms with van der Waals surface area (Å²) < 4.78 is 37.5. The number of para-hydroxylation sites is 1. The van der Waals surface area contributed by atoms with Gasteiger partial charge < -0.3 is 14.5 Å². The Balaban J connectivity index is 1.64. The van der Waals surface area contributed by atoms with E-state index in [1.54, 1.807) is 24.3 Å². The fourth-order valence-electron chi connectivity index (χ4n) is 3.12. The van der Waals surface area contributed by atoms with Crippen LogP contribution in [0, 0.1) is 0 Å². The van der Waals surface area contributed by atoms with Gasteiger partial charge in [0.1, 0.15) is 16.0 Å². The van der Waals surface area contributed by atoms with E-state index in [0.29, 0.717) is 24.2 Å². The minimum atomic E-state index is -3.86. The molecule has 4 rings (SSSR count). The fraction of sp³-hybridized carbons (Fsp3) is 0.200. The lowest BCUT2D eigenvalue weighted by molar-refractivity contribution is 0.0730. The molecular weight excluding hydrogens is 432 g/mol. The van der Waals surface area contributed by atoms with Crippen molar-refractivity contribution in [2.24, 2.45) is 0 Å². The molecule has 1 aromatic heterocycles. The lowest BCUT2D eigenvalue weighted by Gasteiger charge is -2.26. The molecule has 0 saturated carbocycles. The van der Waals surface area contributed by atoms with Gasteiger partial charge >= 0.3 is 5.63 Å². The number of fused-ring (bicyclic) bond motifs is 1. The first kappa shape index (κ1) is 20.5. The number of hydrogen-bond donors (Lipinski definition) is 1. The molecule has 0 unspecified atom stereocenters. The van der Waals surface area contributed by atoms with Crippen molar-refractivity contribution in [1.82, 2.24) is 4.31 Å². The quantitative estimate of drug-likeness (QED) is 0.615. The third-order valence-electron chi connectivity index (χ3n) is 4.66. The molecule has 1 fully saturated rings. The molecule has 0 aliphatic carbocycles. The highest BCUT2D eigenvalue weighted by Crippen LogP contribution is 2.28. The smallest absolute Gasteiger partial charge is 0.349 e. The fourth-order valence-corrected chi connectivity index (χ4v) is 5.03. The van der Waals surface area contributed by atoms with E-state index in [2.05, 4.69) is 5.32 Å². The molecule has 156 valence electrons. The summed E-state index contributed by atoms with van der Waals surface area (Å²) in [5.74, 6) is -0.716.